The minimum Gasteiger partial charge on any atom is -0.298 e. The number of carbonyl (C=O) groups excluding carboxylic acids is 1. The maximum atomic E-state index is 12.6. The van der Waals surface area contributed by atoms with Gasteiger partial charge in [-0.1, -0.05) is 38.6 Å². The number of hydrazine groups is 1. The van der Waals surface area contributed by atoms with Crippen LogP contribution >= 0.6 is 0 Å². The third kappa shape index (κ3) is 4.79. The number of amides is 1. The van der Waals surface area contributed by atoms with Gasteiger partial charge in [-0.15, -0.1) is 0 Å². The highest BCUT2D eigenvalue weighted by Crippen LogP contribution is 2.17. The summed E-state index contributed by atoms with van der Waals surface area (Å²) in [6.45, 7) is 12.3. The SMILES string of the molecule is C=C(NNC(=O)c1cccc(S(=O)(=O)N(CC)CC)c1)c1ccc(C)c(C)c1. The van der Waals surface area contributed by atoms with Crippen LogP contribution in [0.3, 0.4) is 0 Å². The molecule has 0 bridgehead atoms. The average molecular weight is 402 g/mol. The number of benzene rings is 2. The van der Waals surface area contributed by atoms with E-state index in [4.69, 9.17) is 0 Å². The molecule has 0 spiro atoms. The van der Waals surface area contributed by atoms with Gasteiger partial charge in [-0.05, 0) is 54.8 Å². The van der Waals surface area contributed by atoms with Crippen LogP contribution in [0.15, 0.2) is 53.9 Å². The predicted molar refractivity (Wildman–Crippen MR) is 112 cm³/mol. The second-order valence-electron chi connectivity index (χ2n) is 6.47. The highest BCUT2D eigenvalue weighted by atomic mass is 32.2. The van der Waals surface area contributed by atoms with E-state index in [2.05, 4.69) is 17.4 Å². The van der Waals surface area contributed by atoms with E-state index < -0.39 is 15.9 Å². The fourth-order valence-electron chi connectivity index (χ4n) is 2.72. The van der Waals surface area contributed by atoms with Crippen molar-refractivity contribution in [3.8, 4) is 0 Å². The minimum atomic E-state index is -3.62. The van der Waals surface area contributed by atoms with Crippen LogP contribution in [0.1, 0.15) is 40.9 Å². The molecule has 1 amide bonds. The summed E-state index contributed by atoms with van der Waals surface area (Å²) in [6, 6.07) is 11.9. The van der Waals surface area contributed by atoms with Crippen LogP contribution in [0, 0.1) is 13.8 Å². The van der Waals surface area contributed by atoms with E-state index >= 15 is 0 Å². The van der Waals surface area contributed by atoms with Crippen molar-refractivity contribution in [3.05, 3.63) is 71.3 Å². The first-order chi connectivity index (χ1) is 13.2. The van der Waals surface area contributed by atoms with E-state index in [0.29, 0.717) is 18.8 Å². The molecule has 0 fully saturated rings. The third-order valence-corrected chi connectivity index (χ3v) is 6.67. The lowest BCUT2D eigenvalue weighted by atomic mass is 10.1. The Labute approximate surface area is 167 Å². The average Bonchev–Trinajstić information content (AvgIpc) is 2.68. The second kappa shape index (κ2) is 9.03. The molecule has 0 heterocycles. The summed E-state index contributed by atoms with van der Waals surface area (Å²) in [6.07, 6.45) is 0. The van der Waals surface area contributed by atoms with Gasteiger partial charge in [0, 0.05) is 18.7 Å². The molecule has 2 aromatic rings. The highest BCUT2D eigenvalue weighted by molar-refractivity contribution is 7.89. The molecule has 2 aromatic carbocycles. The van der Waals surface area contributed by atoms with Gasteiger partial charge in [-0.25, -0.2) is 8.42 Å². The molecule has 150 valence electrons. The normalized spacial score (nSPS) is 11.3. The quantitative estimate of drug-likeness (QED) is 0.666. The van der Waals surface area contributed by atoms with Crippen molar-refractivity contribution in [3.63, 3.8) is 0 Å². The van der Waals surface area contributed by atoms with Crippen LogP contribution in [0.25, 0.3) is 5.70 Å². The van der Waals surface area contributed by atoms with Crippen molar-refractivity contribution in [1.82, 2.24) is 15.2 Å². The van der Waals surface area contributed by atoms with Crippen molar-refractivity contribution >= 4 is 21.6 Å². The van der Waals surface area contributed by atoms with Gasteiger partial charge in [0.1, 0.15) is 0 Å². The summed E-state index contributed by atoms with van der Waals surface area (Å²) >= 11 is 0. The number of nitrogens with one attached hydrogen (secondary N) is 2. The van der Waals surface area contributed by atoms with Gasteiger partial charge < -0.3 is 0 Å². The molecular formula is C21H27N3O3S. The third-order valence-electron chi connectivity index (χ3n) is 4.62. The number of aryl methyl sites for hydroxylation is 2. The largest absolute Gasteiger partial charge is 0.298 e. The van der Waals surface area contributed by atoms with E-state index in [0.717, 1.165) is 11.1 Å². The molecule has 0 aromatic heterocycles. The van der Waals surface area contributed by atoms with E-state index in [1.807, 2.05) is 32.0 Å². The summed E-state index contributed by atoms with van der Waals surface area (Å²) in [5.74, 6) is -0.443. The molecule has 6 nitrogen and oxygen atoms in total. The van der Waals surface area contributed by atoms with Gasteiger partial charge >= 0.3 is 0 Å². The molecule has 0 saturated carbocycles. The van der Waals surface area contributed by atoms with Crippen molar-refractivity contribution in [2.75, 3.05) is 13.1 Å². The highest BCUT2D eigenvalue weighted by Gasteiger charge is 2.22. The number of nitrogens with zero attached hydrogens (tertiary/aromatic N) is 1. The molecule has 0 aliphatic rings. The first-order valence-corrected chi connectivity index (χ1v) is 10.6. The number of rotatable bonds is 8. The number of carbonyl (C=O) groups is 1. The fraction of sp³-hybridized carbons (Fsp3) is 0.286. The maximum absolute atomic E-state index is 12.6. The van der Waals surface area contributed by atoms with Gasteiger partial charge in [-0.3, -0.25) is 15.6 Å². The van der Waals surface area contributed by atoms with E-state index in [1.54, 1.807) is 26.0 Å². The van der Waals surface area contributed by atoms with Crippen LogP contribution < -0.4 is 10.9 Å². The Morgan fingerprint density at radius 3 is 2.25 bits per heavy atom. The van der Waals surface area contributed by atoms with Crippen LogP contribution in [-0.2, 0) is 10.0 Å². The van der Waals surface area contributed by atoms with Gasteiger partial charge in [0.05, 0.1) is 10.6 Å². The molecule has 0 aliphatic carbocycles. The zero-order chi connectivity index (χ0) is 20.9. The topological polar surface area (TPSA) is 78.5 Å². The molecule has 0 saturated heterocycles. The van der Waals surface area contributed by atoms with Crippen molar-refractivity contribution < 1.29 is 13.2 Å². The van der Waals surface area contributed by atoms with Crippen molar-refractivity contribution in [2.24, 2.45) is 0 Å². The molecule has 0 atom stereocenters. The Kier molecular flexibility index (Phi) is 6.99. The Morgan fingerprint density at radius 1 is 0.964 bits per heavy atom. The predicted octanol–water partition coefficient (Wildman–Crippen LogP) is 3.24. The molecule has 0 radical (unpaired) electrons. The standard InChI is InChI=1S/C21H27N3O3S/c1-6-24(7-2)28(26,27)20-10-8-9-19(14-20)21(25)23-22-17(5)18-12-11-15(3)16(4)13-18/h8-14,22H,5-7H2,1-4H3,(H,23,25). The lowest BCUT2D eigenvalue weighted by Gasteiger charge is -2.19. The van der Waals surface area contributed by atoms with Gasteiger partial charge in [0.25, 0.3) is 5.91 Å². The van der Waals surface area contributed by atoms with Gasteiger partial charge in [0.15, 0.2) is 0 Å². The second-order valence-corrected chi connectivity index (χ2v) is 8.41. The summed E-state index contributed by atoms with van der Waals surface area (Å²) < 4.78 is 26.6. The summed E-state index contributed by atoms with van der Waals surface area (Å²) in [5, 5.41) is 0. The Bertz CT molecular complexity index is 980. The molecular weight excluding hydrogens is 374 g/mol. The number of sulfonamides is 1. The van der Waals surface area contributed by atoms with Crippen LogP contribution in [0.4, 0.5) is 0 Å². The summed E-state index contributed by atoms with van der Waals surface area (Å²) in [5.41, 5.74) is 9.31. The Balaban J connectivity index is 2.13. The molecule has 0 aliphatic heterocycles. The number of hydrogen-bond donors (Lipinski definition) is 2. The molecule has 28 heavy (non-hydrogen) atoms. The van der Waals surface area contributed by atoms with E-state index in [-0.39, 0.29) is 10.5 Å². The Hall–Kier alpha value is -2.64. The van der Waals surface area contributed by atoms with E-state index in [1.165, 1.54) is 22.0 Å². The number of hydrogen-bond acceptors (Lipinski definition) is 4. The maximum Gasteiger partial charge on any atom is 0.269 e. The van der Waals surface area contributed by atoms with Crippen LogP contribution in [-0.4, -0.2) is 31.7 Å². The molecule has 2 rings (SSSR count). The monoisotopic (exact) mass is 401 g/mol. The zero-order valence-corrected chi connectivity index (χ0v) is 17.6. The smallest absolute Gasteiger partial charge is 0.269 e. The van der Waals surface area contributed by atoms with Crippen LogP contribution in [0.5, 0.6) is 0 Å². The summed E-state index contributed by atoms with van der Waals surface area (Å²) in [7, 11) is -3.62. The first kappa shape index (κ1) is 21.7. The van der Waals surface area contributed by atoms with Crippen molar-refractivity contribution in [2.45, 2.75) is 32.6 Å². The molecule has 2 N–H and O–H groups in total. The van der Waals surface area contributed by atoms with Crippen molar-refractivity contribution in [1.29, 1.82) is 0 Å². The lowest BCUT2D eigenvalue weighted by molar-refractivity contribution is 0.0942. The molecule has 0 unspecified atom stereocenters. The first-order valence-electron chi connectivity index (χ1n) is 9.13. The van der Waals surface area contributed by atoms with E-state index in [9.17, 15) is 13.2 Å². The minimum absolute atomic E-state index is 0.0943. The fourth-order valence-corrected chi connectivity index (χ4v) is 4.22. The summed E-state index contributed by atoms with van der Waals surface area (Å²) in [4.78, 5) is 12.6. The van der Waals surface area contributed by atoms with Gasteiger partial charge in [0.2, 0.25) is 10.0 Å². The lowest BCUT2D eigenvalue weighted by Crippen LogP contribution is -2.36. The molecule has 7 heteroatoms. The Morgan fingerprint density at radius 2 is 1.64 bits per heavy atom. The van der Waals surface area contributed by atoms with Crippen LogP contribution in [0.2, 0.25) is 0 Å². The zero-order valence-electron chi connectivity index (χ0n) is 16.7. The van der Waals surface area contributed by atoms with Gasteiger partial charge in [-0.2, -0.15) is 4.31 Å².